The second-order valence-corrected chi connectivity index (χ2v) is 8.48. The molecule has 4 rings (SSSR count). The summed E-state index contributed by atoms with van der Waals surface area (Å²) in [4.78, 5) is 8.07. The molecule has 1 aromatic heterocycles. The van der Waals surface area contributed by atoms with Gasteiger partial charge in [-0.3, -0.25) is 0 Å². The molecule has 0 amide bonds. The van der Waals surface area contributed by atoms with Gasteiger partial charge in [0.1, 0.15) is 5.82 Å². The van der Waals surface area contributed by atoms with Gasteiger partial charge in [0.2, 0.25) is 10.0 Å². The van der Waals surface area contributed by atoms with Crippen molar-refractivity contribution in [3.05, 3.63) is 83.7 Å². The molecule has 0 radical (unpaired) electrons. The van der Waals surface area contributed by atoms with E-state index in [2.05, 4.69) is 20.8 Å². The summed E-state index contributed by atoms with van der Waals surface area (Å²) in [5, 5.41) is 8.88. The number of aromatic amines is 1. The van der Waals surface area contributed by atoms with E-state index in [1.54, 1.807) is 30.3 Å². The minimum absolute atomic E-state index is 0.225. The summed E-state index contributed by atoms with van der Waals surface area (Å²) in [6.07, 6.45) is 3.77. The molecule has 0 aliphatic heterocycles. The average Bonchev–Trinajstić information content (AvgIpc) is 3.20. The molecule has 0 fully saturated rings. The normalized spacial score (nSPS) is 11.7. The smallest absolute Gasteiger partial charge is 0.240 e. The van der Waals surface area contributed by atoms with Gasteiger partial charge in [-0.2, -0.15) is 5.26 Å². The zero-order valence-corrected chi connectivity index (χ0v) is 16.9. The second-order valence-electron chi connectivity index (χ2n) is 6.62. The number of hydrogen-bond acceptors (Lipinski definition) is 4. The van der Waals surface area contributed by atoms with Crippen LogP contribution in [0.4, 0.5) is 0 Å². The number of H-pyrrole nitrogens is 1. The highest BCUT2D eigenvalue weighted by Gasteiger charge is 2.17. The fraction of sp³-hybridized carbons (Fsp3) is 0.0435. The number of nitriles is 1. The number of imidazole rings is 1. The number of benzene rings is 3. The minimum Gasteiger partial charge on any atom is -0.338 e. The lowest BCUT2D eigenvalue weighted by Gasteiger charge is -2.09. The van der Waals surface area contributed by atoms with E-state index in [4.69, 9.17) is 5.26 Å². The molecule has 6 nitrogen and oxygen atoms in total. The lowest BCUT2D eigenvalue weighted by molar-refractivity contribution is 0.588. The highest BCUT2D eigenvalue weighted by Crippen LogP contribution is 2.29. The van der Waals surface area contributed by atoms with Crippen LogP contribution in [0, 0.1) is 11.3 Å². The van der Waals surface area contributed by atoms with Crippen molar-refractivity contribution in [2.24, 2.45) is 0 Å². The number of aromatic nitrogens is 2. The van der Waals surface area contributed by atoms with Gasteiger partial charge in [0.25, 0.3) is 0 Å². The fourth-order valence-electron chi connectivity index (χ4n) is 3.17. The summed E-state index contributed by atoms with van der Waals surface area (Å²) < 4.78 is 27.1. The van der Waals surface area contributed by atoms with Crippen LogP contribution in [-0.4, -0.2) is 25.4 Å². The molecule has 2 N–H and O–H groups in total. The van der Waals surface area contributed by atoms with Crippen molar-refractivity contribution in [1.82, 2.24) is 14.7 Å². The van der Waals surface area contributed by atoms with Crippen LogP contribution in [0.2, 0.25) is 0 Å². The van der Waals surface area contributed by atoms with E-state index in [0.717, 1.165) is 22.2 Å². The summed E-state index contributed by atoms with van der Waals surface area (Å²) in [5.41, 5.74) is 4.55. The SMILES string of the molecule is CNS(=O)(=O)c1ccccc1-c1ccc2[nH]c(C=Cc3ccc(C#N)cc3)nc2c1. The zero-order chi connectivity index (χ0) is 21.1. The Balaban J connectivity index is 1.69. The number of hydrogen-bond donors (Lipinski definition) is 2. The van der Waals surface area contributed by atoms with Crippen LogP contribution >= 0.6 is 0 Å². The van der Waals surface area contributed by atoms with E-state index in [-0.39, 0.29) is 4.90 Å². The molecule has 148 valence electrons. The third kappa shape index (κ3) is 3.87. The van der Waals surface area contributed by atoms with Gasteiger partial charge in [0.05, 0.1) is 27.6 Å². The van der Waals surface area contributed by atoms with Crippen LogP contribution in [0.5, 0.6) is 0 Å². The molecule has 7 heteroatoms. The number of nitrogens with one attached hydrogen (secondary N) is 2. The van der Waals surface area contributed by atoms with E-state index >= 15 is 0 Å². The summed E-state index contributed by atoms with van der Waals surface area (Å²) in [5.74, 6) is 0.683. The van der Waals surface area contributed by atoms with Crippen molar-refractivity contribution in [1.29, 1.82) is 5.26 Å². The molecular weight excluding hydrogens is 396 g/mol. The van der Waals surface area contributed by atoms with Gasteiger partial charge in [-0.15, -0.1) is 0 Å². The van der Waals surface area contributed by atoms with Gasteiger partial charge in [0, 0.05) is 5.56 Å². The van der Waals surface area contributed by atoms with E-state index in [1.807, 2.05) is 48.6 Å². The summed E-state index contributed by atoms with van der Waals surface area (Å²) in [7, 11) is -2.18. The van der Waals surface area contributed by atoms with E-state index < -0.39 is 10.0 Å². The Labute approximate surface area is 174 Å². The molecule has 3 aromatic carbocycles. The Morgan fingerprint density at radius 2 is 1.80 bits per heavy atom. The minimum atomic E-state index is -3.58. The number of nitrogens with zero attached hydrogens (tertiary/aromatic N) is 2. The van der Waals surface area contributed by atoms with Crippen molar-refractivity contribution < 1.29 is 8.42 Å². The Bertz CT molecular complexity index is 1400. The third-order valence-corrected chi connectivity index (χ3v) is 6.20. The van der Waals surface area contributed by atoms with Crippen molar-refractivity contribution in [3.63, 3.8) is 0 Å². The third-order valence-electron chi connectivity index (χ3n) is 4.73. The van der Waals surface area contributed by atoms with Crippen LogP contribution in [0.25, 0.3) is 34.3 Å². The van der Waals surface area contributed by atoms with Crippen LogP contribution in [0.3, 0.4) is 0 Å². The van der Waals surface area contributed by atoms with Gasteiger partial charge in [-0.25, -0.2) is 18.1 Å². The molecule has 0 saturated heterocycles. The van der Waals surface area contributed by atoms with Gasteiger partial charge >= 0.3 is 0 Å². The maximum atomic E-state index is 12.4. The first-order valence-electron chi connectivity index (χ1n) is 9.21. The Morgan fingerprint density at radius 3 is 2.53 bits per heavy atom. The molecule has 0 spiro atoms. The molecule has 0 saturated carbocycles. The first kappa shape index (κ1) is 19.6. The van der Waals surface area contributed by atoms with Gasteiger partial charge < -0.3 is 4.98 Å². The quantitative estimate of drug-likeness (QED) is 0.512. The number of fused-ring (bicyclic) bond motifs is 1. The van der Waals surface area contributed by atoms with Crippen LogP contribution in [-0.2, 0) is 10.0 Å². The molecule has 0 bridgehead atoms. The molecule has 1 heterocycles. The van der Waals surface area contributed by atoms with Gasteiger partial charge in [0.15, 0.2) is 0 Å². The average molecular weight is 414 g/mol. The summed E-state index contributed by atoms with van der Waals surface area (Å²) in [6.45, 7) is 0. The van der Waals surface area contributed by atoms with Gasteiger partial charge in [-0.05, 0) is 54.6 Å². The van der Waals surface area contributed by atoms with E-state index in [9.17, 15) is 8.42 Å². The zero-order valence-electron chi connectivity index (χ0n) is 16.1. The molecular formula is C23H18N4O2S. The van der Waals surface area contributed by atoms with Crippen molar-refractivity contribution in [3.8, 4) is 17.2 Å². The molecule has 0 unspecified atom stereocenters. The Kier molecular flexibility index (Phi) is 5.19. The molecule has 0 aliphatic carbocycles. The lowest BCUT2D eigenvalue weighted by atomic mass is 10.1. The number of sulfonamides is 1. The standard InChI is InChI=1S/C23H18N4O2S/c1-25-30(28,29)22-5-3-2-4-19(22)18-11-12-20-21(14-18)27-23(26-20)13-10-16-6-8-17(15-24)9-7-16/h2-14,25H,1H3,(H,26,27). The lowest BCUT2D eigenvalue weighted by Crippen LogP contribution is -2.19. The summed E-state index contributed by atoms with van der Waals surface area (Å²) >= 11 is 0. The monoisotopic (exact) mass is 414 g/mol. The number of rotatable bonds is 5. The van der Waals surface area contributed by atoms with Crippen molar-refractivity contribution >= 4 is 33.2 Å². The maximum absolute atomic E-state index is 12.4. The molecule has 30 heavy (non-hydrogen) atoms. The van der Waals surface area contributed by atoms with Crippen molar-refractivity contribution in [2.45, 2.75) is 4.90 Å². The van der Waals surface area contributed by atoms with Crippen molar-refractivity contribution in [2.75, 3.05) is 7.05 Å². The highest BCUT2D eigenvalue weighted by molar-refractivity contribution is 7.89. The topological polar surface area (TPSA) is 98.6 Å². The van der Waals surface area contributed by atoms with Crippen LogP contribution in [0.15, 0.2) is 71.6 Å². The van der Waals surface area contributed by atoms with E-state index in [0.29, 0.717) is 17.0 Å². The first-order valence-corrected chi connectivity index (χ1v) is 10.7. The predicted octanol–water partition coefficient (Wildman–Crippen LogP) is 4.18. The van der Waals surface area contributed by atoms with Gasteiger partial charge in [-0.1, -0.05) is 42.5 Å². The molecule has 4 aromatic rings. The second kappa shape index (κ2) is 7.95. The highest BCUT2D eigenvalue weighted by atomic mass is 32.2. The van der Waals surface area contributed by atoms with E-state index in [1.165, 1.54) is 7.05 Å². The predicted molar refractivity (Wildman–Crippen MR) is 118 cm³/mol. The fourth-order valence-corrected chi connectivity index (χ4v) is 4.12. The first-order chi connectivity index (χ1) is 14.5. The Morgan fingerprint density at radius 1 is 1.03 bits per heavy atom. The maximum Gasteiger partial charge on any atom is 0.240 e. The Hall–Kier alpha value is -3.73. The molecule has 0 aliphatic rings. The van der Waals surface area contributed by atoms with Crippen LogP contribution in [0.1, 0.15) is 17.0 Å². The van der Waals surface area contributed by atoms with Crippen LogP contribution < -0.4 is 4.72 Å². The summed E-state index contributed by atoms with van der Waals surface area (Å²) in [6, 6.07) is 21.9. The molecule has 0 atom stereocenters. The largest absolute Gasteiger partial charge is 0.338 e.